The minimum absolute atomic E-state index is 0.196. The number of carbonyl (C=O) groups is 3. The number of benzene rings is 2. The molecule has 2 aromatic carbocycles. The first-order valence-electron chi connectivity index (χ1n) is 7.45. The van der Waals surface area contributed by atoms with Crippen molar-refractivity contribution in [3.8, 4) is 0 Å². The average Bonchev–Trinajstić information content (AvgIpc) is 2.54. The van der Waals surface area contributed by atoms with Crippen molar-refractivity contribution >= 4 is 34.8 Å². The summed E-state index contributed by atoms with van der Waals surface area (Å²) in [4.78, 5) is 36.7. The second kappa shape index (κ2) is 7.92. The maximum absolute atomic E-state index is 12.2. The molecular formula is C18H19N3O3. The maximum atomic E-state index is 12.2. The summed E-state index contributed by atoms with van der Waals surface area (Å²) in [6.07, 6.45) is -0.268. The first-order chi connectivity index (χ1) is 11.5. The molecule has 6 nitrogen and oxygen atoms in total. The lowest BCUT2D eigenvalue weighted by Crippen LogP contribution is -2.30. The minimum Gasteiger partial charge on any atom is -0.326 e. The van der Waals surface area contributed by atoms with Gasteiger partial charge in [-0.3, -0.25) is 14.4 Å². The van der Waals surface area contributed by atoms with Crippen LogP contribution >= 0.6 is 0 Å². The van der Waals surface area contributed by atoms with Crippen molar-refractivity contribution in [2.24, 2.45) is 0 Å². The number of para-hydroxylation sites is 1. The summed E-state index contributed by atoms with van der Waals surface area (Å²) in [5.74, 6) is -0.919. The number of carbonyl (C=O) groups excluding carboxylic acids is 3. The van der Waals surface area contributed by atoms with Gasteiger partial charge in [0.1, 0.15) is 6.42 Å². The molecule has 0 atom stereocenters. The fourth-order valence-corrected chi connectivity index (χ4v) is 2.13. The lowest BCUT2D eigenvalue weighted by Gasteiger charge is -2.17. The zero-order valence-corrected chi connectivity index (χ0v) is 13.6. The van der Waals surface area contributed by atoms with Crippen LogP contribution in [0.5, 0.6) is 0 Å². The number of rotatable bonds is 5. The zero-order chi connectivity index (χ0) is 17.5. The van der Waals surface area contributed by atoms with E-state index in [1.54, 1.807) is 43.4 Å². The Morgan fingerprint density at radius 1 is 0.917 bits per heavy atom. The molecule has 0 unspecified atom stereocenters. The first kappa shape index (κ1) is 17.2. The van der Waals surface area contributed by atoms with E-state index in [9.17, 15) is 14.4 Å². The van der Waals surface area contributed by atoms with Crippen molar-refractivity contribution in [3.63, 3.8) is 0 Å². The van der Waals surface area contributed by atoms with E-state index >= 15 is 0 Å². The van der Waals surface area contributed by atoms with E-state index in [1.807, 2.05) is 18.2 Å². The van der Waals surface area contributed by atoms with Gasteiger partial charge in [-0.25, -0.2) is 0 Å². The number of nitrogens with one attached hydrogen (secondary N) is 2. The van der Waals surface area contributed by atoms with Crippen molar-refractivity contribution in [2.45, 2.75) is 13.3 Å². The highest BCUT2D eigenvalue weighted by Gasteiger charge is 2.15. The van der Waals surface area contributed by atoms with Crippen molar-refractivity contribution in [1.82, 2.24) is 0 Å². The summed E-state index contributed by atoms with van der Waals surface area (Å²) in [5, 5.41) is 5.29. The zero-order valence-electron chi connectivity index (χ0n) is 13.6. The van der Waals surface area contributed by atoms with Crippen molar-refractivity contribution in [2.75, 3.05) is 22.6 Å². The Morgan fingerprint density at radius 3 is 2.17 bits per heavy atom. The highest BCUT2D eigenvalue weighted by molar-refractivity contribution is 6.09. The van der Waals surface area contributed by atoms with E-state index in [4.69, 9.17) is 0 Å². The van der Waals surface area contributed by atoms with Gasteiger partial charge in [0.25, 0.3) is 0 Å². The van der Waals surface area contributed by atoms with Gasteiger partial charge >= 0.3 is 0 Å². The second-order valence-corrected chi connectivity index (χ2v) is 5.28. The molecule has 24 heavy (non-hydrogen) atoms. The van der Waals surface area contributed by atoms with Crippen LogP contribution in [-0.4, -0.2) is 24.8 Å². The Balaban J connectivity index is 1.95. The molecule has 0 radical (unpaired) electrons. The molecule has 6 heteroatoms. The fraction of sp³-hybridized carbons (Fsp3) is 0.167. The third kappa shape index (κ3) is 4.95. The summed E-state index contributed by atoms with van der Waals surface area (Å²) in [6.45, 7) is 1.41. The highest BCUT2D eigenvalue weighted by Crippen LogP contribution is 2.16. The van der Waals surface area contributed by atoms with Gasteiger partial charge in [0.15, 0.2) is 0 Å². The van der Waals surface area contributed by atoms with Crippen LogP contribution in [0.15, 0.2) is 54.6 Å². The molecule has 3 amide bonds. The number of nitrogens with zero attached hydrogens (tertiary/aromatic N) is 1. The Bertz CT molecular complexity index is 744. The Kier molecular flexibility index (Phi) is 5.68. The summed E-state index contributed by atoms with van der Waals surface area (Å²) in [5.41, 5.74) is 1.82. The molecule has 0 heterocycles. The van der Waals surface area contributed by atoms with Crippen molar-refractivity contribution in [1.29, 1.82) is 0 Å². The lowest BCUT2D eigenvalue weighted by atomic mass is 10.2. The molecule has 0 aliphatic heterocycles. The van der Waals surface area contributed by atoms with Gasteiger partial charge in [-0.15, -0.1) is 0 Å². The molecule has 0 spiro atoms. The molecule has 0 fully saturated rings. The van der Waals surface area contributed by atoms with Gasteiger partial charge in [-0.1, -0.05) is 24.3 Å². The fourth-order valence-electron chi connectivity index (χ4n) is 2.13. The minimum atomic E-state index is -0.414. The van der Waals surface area contributed by atoms with Gasteiger partial charge in [0.2, 0.25) is 17.7 Å². The Morgan fingerprint density at radius 2 is 1.54 bits per heavy atom. The third-order valence-electron chi connectivity index (χ3n) is 3.30. The van der Waals surface area contributed by atoms with Crippen LogP contribution in [0.1, 0.15) is 13.3 Å². The van der Waals surface area contributed by atoms with Crippen LogP contribution < -0.4 is 15.5 Å². The number of anilines is 3. The summed E-state index contributed by atoms with van der Waals surface area (Å²) in [7, 11) is 1.63. The van der Waals surface area contributed by atoms with Gasteiger partial charge in [0, 0.05) is 31.0 Å². The predicted molar refractivity (Wildman–Crippen MR) is 93.8 cm³/mol. The van der Waals surface area contributed by atoms with Gasteiger partial charge in [0.05, 0.1) is 0 Å². The molecule has 0 aliphatic carbocycles. The molecule has 0 aromatic heterocycles. The van der Waals surface area contributed by atoms with Gasteiger partial charge < -0.3 is 15.5 Å². The Labute approximate surface area is 140 Å². The van der Waals surface area contributed by atoms with Crippen molar-refractivity contribution < 1.29 is 14.4 Å². The predicted octanol–water partition coefficient (Wildman–Crippen LogP) is 2.64. The molecule has 2 rings (SSSR count). The number of amides is 3. The van der Waals surface area contributed by atoms with E-state index in [0.717, 1.165) is 5.69 Å². The maximum Gasteiger partial charge on any atom is 0.236 e. The molecular weight excluding hydrogens is 306 g/mol. The van der Waals surface area contributed by atoms with Crippen molar-refractivity contribution in [3.05, 3.63) is 54.6 Å². The van der Waals surface area contributed by atoms with E-state index < -0.39 is 5.91 Å². The van der Waals surface area contributed by atoms with Gasteiger partial charge in [-0.05, 0) is 30.3 Å². The first-order valence-corrected chi connectivity index (χ1v) is 7.45. The summed E-state index contributed by atoms with van der Waals surface area (Å²) in [6, 6.07) is 15.8. The summed E-state index contributed by atoms with van der Waals surface area (Å²) >= 11 is 0. The molecule has 0 bridgehead atoms. The van der Waals surface area contributed by atoms with Crippen LogP contribution in [0.25, 0.3) is 0 Å². The normalized spacial score (nSPS) is 9.92. The molecule has 124 valence electrons. The smallest absolute Gasteiger partial charge is 0.236 e. The van der Waals surface area contributed by atoms with E-state index in [1.165, 1.54) is 11.8 Å². The monoisotopic (exact) mass is 325 g/mol. The van der Waals surface area contributed by atoms with Gasteiger partial charge in [-0.2, -0.15) is 0 Å². The lowest BCUT2D eigenvalue weighted by molar-refractivity contribution is -0.125. The van der Waals surface area contributed by atoms with E-state index in [2.05, 4.69) is 10.6 Å². The summed E-state index contributed by atoms with van der Waals surface area (Å²) < 4.78 is 0. The van der Waals surface area contributed by atoms with E-state index in [0.29, 0.717) is 11.4 Å². The SMILES string of the molecule is CC(=O)Nc1cccc(NC(=O)CC(=O)N(C)c2ccccc2)c1. The standard InChI is InChI=1S/C18H19N3O3/c1-13(22)19-14-7-6-8-15(11-14)20-17(23)12-18(24)21(2)16-9-4-3-5-10-16/h3-11H,12H2,1-2H3,(H,19,22)(H,20,23). The van der Waals surface area contributed by atoms with Crippen LogP contribution in [0, 0.1) is 0 Å². The van der Waals surface area contributed by atoms with Crippen LogP contribution in [-0.2, 0) is 14.4 Å². The molecule has 2 N–H and O–H groups in total. The highest BCUT2D eigenvalue weighted by atomic mass is 16.2. The van der Waals surface area contributed by atoms with Crippen LogP contribution in [0.2, 0.25) is 0 Å². The number of hydrogen-bond donors (Lipinski definition) is 2. The Hall–Kier alpha value is -3.15. The molecule has 0 saturated carbocycles. The van der Waals surface area contributed by atoms with E-state index in [-0.39, 0.29) is 18.2 Å². The molecule has 2 aromatic rings. The molecule has 0 aliphatic rings. The molecule has 0 saturated heterocycles. The van der Waals surface area contributed by atoms with Crippen LogP contribution in [0.3, 0.4) is 0 Å². The third-order valence-corrected chi connectivity index (χ3v) is 3.30. The quantitative estimate of drug-likeness (QED) is 0.830. The largest absolute Gasteiger partial charge is 0.326 e. The average molecular weight is 325 g/mol. The topological polar surface area (TPSA) is 78.5 Å². The second-order valence-electron chi connectivity index (χ2n) is 5.28. The van der Waals surface area contributed by atoms with Crippen LogP contribution in [0.4, 0.5) is 17.1 Å². The number of hydrogen-bond acceptors (Lipinski definition) is 3.